The number of aryl methyl sites for hydroxylation is 2. The standard InChI is InChI=1S/C24H24N3O2S/c1-19-11-12-24(30-19)23(28)18-26-14-5-8-21(17-26)27-15-13-20(25-27)7-6-16-29-22-9-3-2-4-10-22/h2-5,8-15,17H,6-7,16,18H2,1H3/q+1. The van der Waals surface area contributed by atoms with Crippen molar-refractivity contribution in [3.63, 3.8) is 0 Å². The van der Waals surface area contributed by atoms with Gasteiger partial charge in [-0.25, -0.2) is 4.68 Å². The van der Waals surface area contributed by atoms with Crippen molar-refractivity contribution in [1.29, 1.82) is 0 Å². The molecule has 0 saturated carbocycles. The average Bonchev–Trinajstić information content (AvgIpc) is 3.41. The molecule has 30 heavy (non-hydrogen) atoms. The lowest BCUT2D eigenvalue weighted by Gasteiger charge is -2.04. The Morgan fingerprint density at radius 3 is 2.77 bits per heavy atom. The molecule has 0 spiro atoms. The van der Waals surface area contributed by atoms with Crippen LogP contribution in [0.4, 0.5) is 0 Å². The molecule has 0 radical (unpaired) electrons. The fourth-order valence-electron chi connectivity index (χ4n) is 3.17. The summed E-state index contributed by atoms with van der Waals surface area (Å²) >= 11 is 1.54. The van der Waals surface area contributed by atoms with E-state index in [-0.39, 0.29) is 5.78 Å². The summed E-state index contributed by atoms with van der Waals surface area (Å²) in [6.07, 6.45) is 7.57. The molecule has 3 heterocycles. The van der Waals surface area contributed by atoms with Crippen molar-refractivity contribution < 1.29 is 14.1 Å². The molecule has 0 saturated heterocycles. The normalized spacial score (nSPS) is 10.8. The summed E-state index contributed by atoms with van der Waals surface area (Å²) in [4.78, 5) is 14.4. The summed E-state index contributed by atoms with van der Waals surface area (Å²) in [5.74, 6) is 1.01. The molecule has 0 bridgehead atoms. The number of nitrogens with zero attached hydrogens (tertiary/aromatic N) is 3. The highest BCUT2D eigenvalue weighted by Crippen LogP contribution is 2.15. The number of para-hydroxylation sites is 1. The molecule has 4 rings (SSSR count). The van der Waals surface area contributed by atoms with Gasteiger partial charge in [-0.3, -0.25) is 4.79 Å². The van der Waals surface area contributed by atoms with Crippen molar-refractivity contribution >= 4 is 17.1 Å². The summed E-state index contributed by atoms with van der Waals surface area (Å²) in [6.45, 7) is 2.99. The van der Waals surface area contributed by atoms with Crippen LogP contribution in [0.2, 0.25) is 0 Å². The fourth-order valence-corrected chi connectivity index (χ4v) is 3.97. The summed E-state index contributed by atoms with van der Waals surface area (Å²) in [7, 11) is 0. The molecule has 0 aliphatic rings. The maximum Gasteiger partial charge on any atom is 0.237 e. The number of carbonyl (C=O) groups is 1. The Hall–Kier alpha value is -3.25. The van der Waals surface area contributed by atoms with E-state index >= 15 is 0 Å². The molecule has 152 valence electrons. The zero-order valence-electron chi connectivity index (χ0n) is 16.9. The minimum Gasteiger partial charge on any atom is -0.494 e. The second kappa shape index (κ2) is 9.50. The van der Waals surface area contributed by atoms with Crippen LogP contribution in [0.3, 0.4) is 0 Å². The van der Waals surface area contributed by atoms with Gasteiger partial charge in [0.05, 0.1) is 17.2 Å². The molecule has 0 atom stereocenters. The zero-order chi connectivity index (χ0) is 20.8. The monoisotopic (exact) mass is 418 g/mol. The van der Waals surface area contributed by atoms with Crippen molar-refractivity contribution in [1.82, 2.24) is 9.78 Å². The number of Topliss-reactive ketones (excluding diaryl/α,β-unsaturated/α-hetero) is 1. The number of ketones is 1. The highest BCUT2D eigenvalue weighted by molar-refractivity contribution is 7.13. The van der Waals surface area contributed by atoms with Gasteiger partial charge in [0, 0.05) is 17.1 Å². The molecule has 4 aromatic rings. The molecule has 0 fully saturated rings. The van der Waals surface area contributed by atoms with Crippen molar-refractivity contribution in [3.05, 3.63) is 94.7 Å². The van der Waals surface area contributed by atoms with Gasteiger partial charge in [0.25, 0.3) is 0 Å². The van der Waals surface area contributed by atoms with Gasteiger partial charge in [-0.15, -0.1) is 11.3 Å². The first-order valence-electron chi connectivity index (χ1n) is 9.99. The van der Waals surface area contributed by atoms with Gasteiger partial charge >= 0.3 is 0 Å². The summed E-state index contributed by atoms with van der Waals surface area (Å²) < 4.78 is 9.50. The van der Waals surface area contributed by atoms with Crippen LogP contribution < -0.4 is 9.30 Å². The highest BCUT2D eigenvalue weighted by atomic mass is 32.1. The van der Waals surface area contributed by atoms with Gasteiger partial charge in [0.2, 0.25) is 12.3 Å². The van der Waals surface area contributed by atoms with E-state index in [2.05, 4.69) is 5.10 Å². The highest BCUT2D eigenvalue weighted by Gasteiger charge is 2.15. The van der Waals surface area contributed by atoms with E-state index in [0.29, 0.717) is 13.2 Å². The molecular weight excluding hydrogens is 394 g/mol. The van der Waals surface area contributed by atoms with E-state index in [4.69, 9.17) is 4.74 Å². The lowest BCUT2D eigenvalue weighted by atomic mass is 10.2. The molecule has 0 amide bonds. The number of rotatable bonds is 9. The molecule has 1 aromatic carbocycles. The number of hydrogen-bond acceptors (Lipinski definition) is 4. The molecule has 0 N–H and O–H groups in total. The van der Waals surface area contributed by atoms with Gasteiger partial charge in [0.15, 0.2) is 12.4 Å². The van der Waals surface area contributed by atoms with E-state index < -0.39 is 0 Å². The summed E-state index contributed by atoms with van der Waals surface area (Å²) in [5, 5.41) is 4.67. The van der Waals surface area contributed by atoms with Crippen LogP contribution in [0.1, 0.15) is 26.7 Å². The molecule has 0 aliphatic heterocycles. The Morgan fingerprint density at radius 1 is 1.10 bits per heavy atom. The fraction of sp³-hybridized carbons (Fsp3) is 0.208. The Labute approximate surface area is 180 Å². The third kappa shape index (κ3) is 5.21. The largest absolute Gasteiger partial charge is 0.494 e. The number of hydrogen-bond donors (Lipinski definition) is 0. The third-order valence-electron chi connectivity index (χ3n) is 4.68. The first kappa shape index (κ1) is 20.0. The number of aromatic nitrogens is 3. The SMILES string of the molecule is Cc1ccc(C(=O)C[n+]2cccc(-n3ccc(CCCOc4ccccc4)n3)c2)s1. The van der Waals surface area contributed by atoms with Crippen molar-refractivity contribution in [2.75, 3.05) is 6.61 Å². The van der Waals surface area contributed by atoms with E-state index in [1.54, 1.807) is 0 Å². The second-order valence-corrected chi connectivity index (χ2v) is 8.37. The summed E-state index contributed by atoms with van der Waals surface area (Å²) in [6, 6.07) is 19.7. The topological polar surface area (TPSA) is 48.0 Å². The average molecular weight is 419 g/mol. The maximum absolute atomic E-state index is 12.5. The number of ether oxygens (including phenoxy) is 1. The minimum atomic E-state index is 0.120. The second-order valence-electron chi connectivity index (χ2n) is 7.08. The molecule has 3 aromatic heterocycles. The Morgan fingerprint density at radius 2 is 1.97 bits per heavy atom. The molecule has 0 aliphatic carbocycles. The maximum atomic E-state index is 12.5. The third-order valence-corrected chi connectivity index (χ3v) is 5.72. The van der Waals surface area contributed by atoms with Gasteiger partial charge in [-0.05, 0) is 56.2 Å². The van der Waals surface area contributed by atoms with Gasteiger partial charge in [-0.1, -0.05) is 18.2 Å². The zero-order valence-corrected chi connectivity index (χ0v) is 17.7. The van der Waals surface area contributed by atoms with E-state index in [1.807, 2.05) is 95.4 Å². The number of pyridine rings is 1. The van der Waals surface area contributed by atoms with Crippen LogP contribution >= 0.6 is 11.3 Å². The molecular formula is C24H24N3O2S+. The van der Waals surface area contributed by atoms with Crippen molar-refractivity contribution in [3.8, 4) is 11.4 Å². The summed E-state index contributed by atoms with van der Waals surface area (Å²) in [5.41, 5.74) is 1.95. The quantitative estimate of drug-likeness (QED) is 0.230. The van der Waals surface area contributed by atoms with Crippen molar-refractivity contribution in [2.24, 2.45) is 0 Å². The van der Waals surface area contributed by atoms with Crippen LogP contribution in [0.5, 0.6) is 5.75 Å². The number of thiophene rings is 1. The Kier molecular flexibility index (Phi) is 6.35. The van der Waals surface area contributed by atoms with Crippen molar-refractivity contribution in [2.45, 2.75) is 26.3 Å². The predicted octanol–water partition coefficient (Wildman–Crippen LogP) is 4.42. The van der Waals surface area contributed by atoms with Crippen LogP contribution in [0.25, 0.3) is 5.69 Å². The van der Waals surface area contributed by atoms with Gasteiger partial charge < -0.3 is 4.74 Å². The molecule has 0 unspecified atom stereocenters. The van der Waals surface area contributed by atoms with Crippen LogP contribution in [-0.2, 0) is 13.0 Å². The van der Waals surface area contributed by atoms with E-state index in [9.17, 15) is 4.79 Å². The van der Waals surface area contributed by atoms with E-state index in [0.717, 1.165) is 39.7 Å². The first-order chi connectivity index (χ1) is 14.7. The van der Waals surface area contributed by atoms with Crippen LogP contribution in [0.15, 0.2) is 79.3 Å². The number of benzene rings is 1. The Balaban J connectivity index is 1.34. The van der Waals surface area contributed by atoms with Gasteiger partial charge in [-0.2, -0.15) is 9.67 Å². The number of carbonyl (C=O) groups excluding carboxylic acids is 1. The van der Waals surface area contributed by atoms with Gasteiger partial charge in [0.1, 0.15) is 11.4 Å². The lowest BCUT2D eigenvalue weighted by molar-refractivity contribution is -0.682. The minimum absolute atomic E-state index is 0.120. The first-order valence-corrected chi connectivity index (χ1v) is 10.8. The van der Waals surface area contributed by atoms with E-state index in [1.165, 1.54) is 11.3 Å². The van der Waals surface area contributed by atoms with Crippen LogP contribution in [-0.4, -0.2) is 22.2 Å². The predicted molar refractivity (Wildman–Crippen MR) is 117 cm³/mol. The van der Waals surface area contributed by atoms with Crippen LogP contribution in [0, 0.1) is 6.92 Å². The molecule has 6 heteroatoms. The smallest absolute Gasteiger partial charge is 0.237 e. The Bertz CT molecular complexity index is 1120. The molecule has 5 nitrogen and oxygen atoms in total. The lowest BCUT2D eigenvalue weighted by Crippen LogP contribution is -2.37.